The van der Waals surface area contributed by atoms with E-state index >= 15 is 0 Å². The molecule has 0 saturated carbocycles. The Morgan fingerprint density at radius 2 is 0.820 bits per heavy atom. The summed E-state index contributed by atoms with van der Waals surface area (Å²) < 4.78 is 4.89. The lowest BCUT2D eigenvalue weighted by atomic mass is 10.0. The molecule has 0 aliphatic rings. The van der Waals surface area contributed by atoms with Crippen LogP contribution in [0.5, 0.6) is 0 Å². The number of aromatic nitrogens is 5. The Morgan fingerprint density at radius 1 is 0.340 bits per heavy atom. The van der Waals surface area contributed by atoms with Crippen molar-refractivity contribution in [3.63, 3.8) is 0 Å². The first kappa shape index (κ1) is 27.1. The lowest BCUT2D eigenvalue weighted by molar-refractivity contribution is 1.07. The number of nitrogens with zero attached hydrogens (tertiary/aromatic N) is 5. The van der Waals surface area contributed by atoms with Gasteiger partial charge < -0.3 is 8.97 Å². The average molecular weight is 638 g/mol. The summed E-state index contributed by atoms with van der Waals surface area (Å²) in [5.41, 5.74) is 9.97. The zero-order valence-electron chi connectivity index (χ0n) is 26.8. The van der Waals surface area contributed by atoms with Gasteiger partial charge in [-0.3, -0.25) is 0 Å². The summed E-state index contributed by atoms with van der Waals surface area (Å²) in [6.07, 6.45) is 0. The predicted octanol–water partition coefficient (Wildman–Crippen LogP) is 11.1. The molecule has 0 saturated heterocycles. The molecule has 0 spiro atoms. The second-order valence-corrected chi connectivity index (χ2v) is 12.9. The molecule has 0 atom stereocenters. The molecule has 0 N–H and O–H groups in total. The summed E-state index contributed by atoms with van der Waals surface area (Å²) in [6.45, 7) is 0. The minimum Gasteiger partial charge on any atom is -0.309 e. The van der Waals surface area contributed by atoms with E-state index in [0.29, 0.717) is 17.5 Å². The molecule has 0 fully saturated rings. The van der Waals surface area contributed by atoms with Crippen molar-refractivity contribution >= 4 is 59.9 Å². The standard InChI is InChI=1S/C45H27N5/c1-3-14-28(15-4-1)43-46-44(29-16-5-2-6-17-29)48-45(47-43)30-18-13-19-31(26-30)49-37-23-10-7-20-32(37)35-27-36-33-21-8-11-24-38(33)50-39-25-12-9-22-34(39)40(41(35)49)42(36)50/h1-27H. The molecule has 7 aromatic carbocycles. The van der Waals surface area contributed by atoms with E-state index in [4.69, 9.17) is 15.0 Å². The molecule has 5 nitrogen and oxygen atoms in total. The molecule has 0 unspecified atom stereocenters. The van der Waals surface area contributed by atoms with Gasteiger partial charge >= 0.3 is 0 Å². The van der Waals surface area contributed by atoms with Crippen LogP contribution in [0.25, 0.3) is 99.8 Å². The average Bonchev–Trinajstić information content (AvgIpc) is 3.83. The highest BCUT2D eigenvalue weighted by Crippen LogP contribution is 2.46. The van der Waals surface area contributed by atoms with E-state index in [-0.39, 0.29) is 0 Å². The van der Waals surface area contributed by atoms with Crippen molar-refractivity contribution in [1.82, 2.24) is 23.9 Å². The summed E-state index contributed by atoms with van der Waals surface area (Å²) in [6, 6.07) is 57.6. The van der Waals surface area contributed by atoms with Gasteiger partial charge in [-0.2, -0.15) is 0 Å². The van der Waals surface area contributed by atoms with E-state index in [0.717, 1.165) is 27.9 Å². The van der Waals surface area contributed by atoms with Gasteiger partial charge in [0.25, 0.3) is 0 Å². The maximum absolute atomic E-state index is 5.05. The third kappa shape index (κ3) is 3.80. The topological polar surface area (TPSA) is 48.0 Å². The van der Waals surface area contributed by atoms with Crippen LogP contribution >= 0.6 is 0 Å². The van der Waals surface area contributed by atoms with Crippen molar-refractivity contribution in [2.45, 2.75) is 0 Å². The Labute approximate surface area is 286 Å². The molecule has 0 aliphatic carbocycles. The van der Waals surface area contributed by atoms with Gasteiger partial charge in [0.1, 0.15) is 0 Å². The molecule has 0 amide bonds. The Bertz CT molecular complexity index is 3030. The molecule has 11 aromatic rings. The van der Waals surface area contributed by atoms with Gasteiger partial charge in [-0.1, -0.05) is 127 Å². The van der Waals surface area contributed by atoms with Crippen LogP contribution in [0.2, 0.25) is 0 Å². The highest BCUT2D eigenvalue weighted by Gasteiger charge is 2.24. The molecule has 4 aromatic heterocycles. The lowest BCUT2D eigenvalue weighted by Gasteiger charge is -2.12. The maximum atomic E-state index is 5.05. The maximum Gasteiger partial charge on any atom is 0.164 e. The van der Waals surface area contributed by atoms with Crippen molar-refractivity contribution in [1.29, 1.82) is 0 Å². The quantitative estimate of drug-likeness (QED) is 0.193. The molecule has 0 bridgehead atoms. The van der Waals surface area contributed by atoms with E-state index in [1.54, 1.807) is 0 Å². The Morgan fingerprint density at radius 3 is 1.48 bits per heavy atom. The molecule has 0 aliphatic heterocycles. The fraction of sp³-hybridized carbons (Fsp3) is 0. The predicted molar refractivity (Wildman–Crippen MR) is 205 cm³/mol. The second-order valence-electron chi connectivity index (χ2n) is 12.9. The van der Waals surface area contributed by atoms with Gasteiger partial charge in [0.2, 0.25) is 0 Å². The molecule has 0 radical (unpaired) electrons. The van der Waals surface area contributed by atoms with Gasteiger partial charge in [-0.15, -0.1) is 0 Å². The molecule has 11 rings (SSSR count). The zero-order chi connectivity index (χ0) is 32.8. The Balaban J connectivity index is 1.22. The van der Waals surface area contributed by atoms with Crippen LogP contribution in [0.3, 0.4) is 0 Å². The van der Waals surface area contributed by atoms with Crippen molar-refractivity contribution in [2.24, 2.45) is 0 Å². The number of hydrogen-bond donors (Lipinski definition) is 0. The third-order valence-corrected chi connectivity index (χ3v) is 10.1. The fourth-order valence-corrected chi connectivity index (χ4v) is 7.95. The number of para-hydroxylation sites is 3. The second kappa shape index (κ2) is 10.3. The summed E-state index contributed by atoms with van der Waals surface area (Å²) in [4.78, 5) is 15.0. The van der Waals surface area contributed by atoms with E-state index in [1.165, 1.54) is 54.4 Å². The Hall–Kier alpha value is -6.85. The van der Waals surface area contributed by atoms with Gasteiger partial charge in [0.05, 0.1) is 27.6 Å². The van der Waals surface area contributed by atoms with Crippen LogP contribution in [-0.4, -0.2) is 23.9 Å². The first-order chi connectivity index (χ1) is 24.8. The molecule has 4 heterocycles. The number of benzene rings is 7. The highest BCUT2D eigenvalue weighted by atomic mass is 15.0. The molecule has 50 heavy (non-hydrogen) atoms. The van der Waals surface area contributed by atoms with Crippen LogP contribution < -0.4 is 0 Å². The summed E-state index contributed by atoms with van der Waals surface area (Å²) >= 11 is 0. The van der Waals surface area contributed by atoms with Crippen LogP contribution in [-0.2, 0) is 0 Å². The van der Waals surface area contributed by atoms with Crippen molar-refractivity contribution < 1.29 is 0 Å². The number of rotatable bonds is 4. The van der Waals surface area contributed by atoms with Crippen molar-refractivity contribution in [3.8, 4) is 39.9 Å². The Kier molecular flexibility index (Phi) is 5.60. The van der Waals surface area contributed by atoms with Crippen LogP contribution in [0.4, 0.5) is 0 Å². The van der Waals surface area contributed by atoms with Gasteiger partial charge in [-0.25, -0.2) is 15.0 Å². The molecular weight excluding hydrogens is 611 g/mol. The van der Waals surface area contributed by atoms with Gasteiger partial charge in [-0.05, 0) is 36.4 Å². The third-order valence-electron chi connectivity index (χ3n) is 10.1. The SMILES string of the molecule is c1ccc(-c2nc(-c3ccccc3)nc(-c3cccc(-n4c5ccccc5c5cc6c7ccccc7n7c8ccccc8c(c54)c67)c3)n2)cc1. The normalized spacial score (nSPS) is 12.0. The van der Waals surface area contributed by atoms with Gasteiger partial charge in [0, 0.05) is 54.7 Å². The minimum absolute atomic E-state index is 0.637. The van der Waals surface area contributed by atoms with Crippen LogP contribution in [0.15, 0.2) is 164 Å². The fourth-order valence-electron chi connectivity index (χ4n) is 7.95. The molecular formula is C45H27N5. The first-order valence-electron chi connectivity index (χ1n) is 16.9. The summed E-state index contributed by atoms with van der Waals surface area (Å²) in [7, 11) is 0. The lowest BCUT2D eigenvalue weighted by Crippen LogP contribution is -2.01. The summed E-state index contributed by atoms with van der Waals surface area (Å²) in [5.74, 6) is 1.94. The molecule has 5 heteroatoms. The minimum atomic E-state index is 0.637. The highest BCUT2D eigenvalue weighted by molar-refractivity contribution is 6.34. The summed E-state index contributed by atoms with van der Waals surface area (Å²) in [5, 5.41) is 7.54. The van der Waals surface area contributed by atoms with Crippen LogP contribution in [0, 0.1) is 0 Å². The largest absolute Gasteiger partial charge is 0.309 e. The van der Waals surface area contributed by atoms with E-state index < -0.39 is 0 Å². The number of fused-ring (bicyclic) bond motifs is 10. The van der Waals surface area contributed by atoms with Crippen molar-refractivity contribution in [3.05, 3.63) is 164 Å². The van der Waals surface area contributed by atoms with Crippen LogP contribution in [0.1, 0.15) is 0 Å². The zero-order valence-corrected chi connectivity index (χ0v) is 26.8. The van der Waals surface area contributed by atoms with E-state index in [1.807, 2.05) is 60.7 Å². The smallest absolute Gasteiger partial charge is 0.164 e. The van der Waals surface area contributed by atoms with E-state index in [9.17, 15) is 0 Å². The van der Waals surface area contributed by atoms with E-state index in [2.05, 4.69) is 112 Å². The molecule has 232 valence electrons. The monoisotopic (exact) mass is 637 g/mol. The number of hydrogen-bond acceptors (Lipinski definition) is 3. The van der Waals surface area contributed by atoms with Gasteiger partial charge in [0.15, 0.2) is 17.5 Å². The van der Waals surface area contributed by atoms with Crippen molar-refractivity contribution in [2.75, 3.05) is 0 Å². The first-order valence-corrected chi connectivity index (χ1v) is 16.9.